The van der Waals surface area contributed by atoms with Gasteiger partial charge in [-0.25, -0.2) is 0 Å². The SMILES string of the molecule is COc1cc(C#N)ccc1OCC(=O)Nc1ccc(OCCCC(=O)O)cc1. The van der Waals surface area contributed by atoms with Crippen LogP contribution >= 0.6 is 0 Å². The first-order chi connectivity index (χ1) is 13.5. The minimum absolute atomic E-state index is 0.0537. The summed E-state index contributed by atoms with van der Waals surface area (Å²) in [5.41, 5.74) is 0.997. The second kappa shape index (κ2) is 10.4. The number of benzene rings is 2. The van der Waals surface area contributed by atoms with E-state index in [0.29, 0.717) is 41.5 Å². The van der Waals surface area contributed by atoms with Gasteiger partial charge >= 0.3 is 5.97 Å². The van der Waals surface area contributed by atoms with E-state index >= 15 is 0 Å². The summed E-state index contributed by atoms with van der Waals surface area (Å²) in [5, 5.41) is 20.2. The predicted molar refractivity (Wildman–Crippen MR) is 101 cm³/mol. The monoisotopic (exact) mass is 384 g/mol. The maximum absolute atomic E-state index is 12.1. The molecule has 0 atom stereocenters. The normalized spacial score (nSPS) is 9.86. The van der Waals surface area contributed by atoms with Crippen LogP contribution in [0.5, 0.6) is 17.2 Å². The fourth-order valence-electron chi connectivity index (χ4n) is 2.24. The van der Waals surface area contributed by atoms with Crippen molar-refractivity contribution in [1.29, 1.82) is 5.26 Å². The van der Waals surface area contributed by atoms with Gasteiger partial charge in [-0.1, -0.05) is 0 Å². The van der Waals surface area contributed by atoms with Crippen LogP contribution in [0.1, 0.15) is 18.4 Å². The van der Waals surface area contributed by atoms with Crippen LogP contribution in [0.3, 0.4) is 0 Å². The molecule has 0 spiro atoms. The average molecular weight is 384 g/mol. The van der Waals surface area contributed by atoms with Crippen molar-refractivity contribution < 1.29 is 28.9 Å². The van der Waals surface area contributed by atoms with Crippen LogP contribution in [0, 0.1) is 11.3 Å². The van der Waals surface area contributed by atoms with E-state index < -0.39 is 5.97 Å². The van der Waals surface area contributed by atoms with Gasteiger partial charge in [-0.15, -0.1) is 0 Å². The van der Waals surface area contributed by atoms with Crippen molar-refractivity contribution in [2.45, 2.75) is 12.8 Å². The Morgan fingerprint density at radius 2 is 1.86 bits per heavy atom. The van der Waals surface area contributed by atoms with Crippen molar-refractivity contribution >= 4 is 17.6 Å². The summed E-state index contributed by atoms with van der Waals surface area (Å²) in [5.74, 6) is 0.101. The summed E-state index contributed by atoms with van der Waals surface area (Å²) in [7, 11) is 1.45. The van der Waals surface area contributed by atoms with Crippen molar-refractivity contribution in [1.82, 2.24) is 0 Å². The molecule has 0 aliphatic heterocycles. The minimum atomic E-state index is -0.859. The lowest BCUT2D eigenvalue weighted by molar-refractivity contribution is -0.137. The molecule has 0 bridgehead atoms. The third-order valence-electron chi connectivity index (χ3n) is 3.59. The number of nitrogens with zero attached hydrogens (tertiary/aromatic N) is 1. The molecule has 0 radical (unpaired) electrons. The lowest BCUT2D eigenvalue weighted by atomic mass is 10.2. The van der Waals surface area contributed by atoms with Crippen molar-refractivity contribution in [2.75, 3.05) is 25.6 Å². The van der Waals surface area contributed by atoms with Gasteiger partial charge in [0.1, 0.15) is 5.75 Å². The molecule has 0 heterocycles. The number of hydrogen-bond acceptors (Lipinski definition) is 6. The first-order valence-corrected chi connectivity index (χ1v) is 8.47. The van der Waals surface area contributed by atoms with Crippen LogP contribution in [0.25, 0.3) is 0 Å². The quantitative estimate of drug-likeness (QED) is 0.605. The third-order valence-corrected chi connectivity index (χ3v) is 3.59. The summed E-state index contributed by atoms with van der Waals surface area (Å²) in [4.78, 5) is 22.5. The molecule has 0 fully saturated rings. The number of carboxylic acid groups (broad SMARTS) is 1. The molecule has 28 heavy (non-hydrogen) atoms. The third kappa shape index (κ3) is 6.53. The van der Waals surface area contributed by atoms with Gasteiger partial charge in [0, 0.05) is 18.2 Å². The van der Waals surface area contributed by atoms with Crippen molar-refractivity contribution in [3.63, 3.8) is 0 Å². The second-order valence-corrected chi connectivity index (χ2v) is 5.68. The summed E-state index contributed by atoms with van der Waals surface area (Å²) >= 11 is 0. The summed E-state index contributed by atoms with van der Waals surface area (Å²) in [6.07, 6.45) is 0.474. The predicted octanol–water partition coefficient (Wildman–Crippen LogP) is 2.83. The minimum Gasteiger partial charge on any atom is -0.494 e. The molecule has 8 nitrogen and oxygen atoms in total. The van der Waals surface area contributed by atoms with Gasteiger partial charge in [0.2, 0.25) is 0 Å². The number of carbonyl (C=O) groups excluding carboxylic acids is 1. The number of hydrogen-bond donors (Lipinski definition) is 2. The number of carboxylic acids is 1. The highest BCUT2D eigenvalue weighted by atomic mass is 16.5. The topological polar surface area (TPSA) is 118 Å². The molecule has 2 rings (SSSR count). The summed E-state index contributed by atoms with van der Waals surface area (Å²) in [6.45, 7) is 0.0774. The number of ether oxygens (including phenoxy) is 3. The van der Waals surface area contributed by atoms with Crippen molar-refractivity contribution in [2.24, 2.45) is 0 Å². The largest absolute Gasteiger partial charge is 0.494 e. The highest BCUT2D eigenvalue weighted by Gasteiger charge is 2.09. The maximum Gasteiger partial charge on any atom is 0.303 e. The summed E-state index contributed by atoms with van der Waals surface area (Å²) in [6, 6.07) is 13.4. The van der Waals surface area contributed by atoms with Gasteiger partial charge in [0.05, 0.1) is 25.3 Å². The maximum atomic E-state index is 12.1. The van der Waals surface area contributed by atoms with Gasteiger partial charge in [0.25, 0.3) is 5.91 Å². The molecule has 0 saturated heterocycles. The van der Waals surface area contributed by atoms with Crippen LogP contribution in [-0.4, -0.2) is 37.3 Å². The standard InChI is InChI=1S/C20H20N2O6/c1-26-18-11-14(12-21)4-9-17(18)28-13-19(23)22-15-5-7-16(8-6-15)27-10-2-3-20(24)25/h4-9,11H,2-3,10,13H2,1H3,(H,22,23)(H,24,25). The van der Waals surface area contributed by atoms with E-state index in [4.69, 9.17) is 24.6 Å². The zero-order valence-electron chi connectivity index (χ0n) is 15.3. The van der Waals surface area contributed by atoms with Gasteiger partial charge in [0.15, 0.2) is 18.1 Å². The molecule has 0 aliphatic carbocycles. The first-order valence-electron chi connectivity index (χ1n) is 8.47. The number of anilines is 1. The highest BCUT2D eigenvalue weighted by Crippen LogP contribution is 2.27. The van der Waals surface area contributed by atoms with E-state index in [-0.39, 0.29) is 18.9 Å². The molecule has 0 saturated carbocycles. The molecular formula is C20H20N2O6. The number of carbonyl (C=O) groups is 2. The fraction of sp³-hybridized carbons (Fsp3) is 0.250. The van der Waals surface area contributed by atoms with E-state index in [0.717, 1.165) is 0 Å². The van der Waals surface area contributed by atoms with Crippen molar-refractivity contribution in [3.8, 4) is 23.3 Å². The lowest BCUT2D eigenvalue weighted by Gasteiger charge is -2.11. The van der Waals surface area contributed by atoms with E-state index in [2.05, 4.69) is 5.32 Å². The molecule has 0 aliphatic rings. The van der Waals surface area contributed by atoms with Gasteiger partial charge in [-0.2, -0.15) is 5.26 Å². The average Bonchev–Trinajstić information content (AvgIpc) is 2.70. The number of aliphatic carboxylic acids is 1. The van der Waals surface area contributed by atoms with Crippen molar-refractivity contribution in [3.05, 3.63) is 48.0 Å². The van der Waals surface area contributed by atoms with Crippen LogP contribution < -0.4 is 19.5 Å². The number of rotatable bonds is 10. The number of nitriles is 1. The number of amides is 1. The molecule has 8 heteroatoms. The Labute approximate surface area is 162 Å². The van der Waals surface area contributed by atoms with Gasteiger partial charge in [-0.3, -0.25) is 9.59 Å². The van der Waals surface area contributed by atoms with E-state index in [1.54, 1.807) is 36.4 Å². The van der Waals surface area contributed by atoms with E-state index in [1.807, 2.05) is 6.07 Å². The fourth-order valence-corrected chi connectivity index (χ4v) is 2.24. The first kappa shape index (κ1) is 20.6. The zero-order chi connectivity index (χ0) is 20.4. The van der Waals surface area contributed by atoms with E-state index in [9.17, 15) is 9.59 Å². The Hall–Kier alpha value is -3.73. The molecule has 146 valence electrons. The van der Waals surface area contributed by atoms with Gasteiger partial charge in [-0.05, 0) is 42.8 Å². The highest BCUT2D eigenvalue weighted by molar-refractivity contribution is 5.91. The smallest absolute Gasteiger partial charge is 0.303 e. The molecular weight excluding hydrogens is 364 g/mol. The Morgan fingerprint density at radius 1 is 1.11 bits per heavy atom. The van der Waals surface area contributed by atoms with Gasteiger partial charge < -0.3 is 24.6 Å². The lowest BCUT2D eigenvalue weighted by Crippen LogP contribution is -2.20. The molecule has 0 aromatic heterocycles. The second-order valence-electron chi connectivity index (χ2n) is 5.68. The molecule has 1 amide bonds. The van der Waals surface area contributed by atoms with Crippen LogP contribution in [-0.2, 0) is 9.59 Å². The molecule has 0 unspecified atom stereocenters. The number of nitrogens with one attached hydrogen (secondary N) is 1. The molecule has 2 aromatic rings. The van der Waals surface area contributed by atoms with Crippen LogP contribution in [0.2, 0.25) is 0 Å². The Morgan fingerprint density at radius 3 is 2.50 bits per heavy atom. The molecule has 2 aromatic carbocycles. The Bertz CT molecular complexity index is 858. The zero-order valence-corrected chi connectivity index (χ0v) is 15.3. The Balaban J connectivity index is 1.81. The Kier molecular flexibility index (Phi) is 7.66. The van der Waals surface area contributed by atoms with Crippen LogP contribution in [0.15, 0.2) is 42.5 Å². The molecule has 2 N–H and O–H groups in total. The summed E-state index contributed by atoms with van der Waals surface area (Å²) < 4.78 is 16.0. The van der Waals surface area contributed by atoms with Crippen LogP contribution in [0.4, 0.5) is 5.69 Å². The van der Waals surface area contributed by atoms with E-state index in [1.165, 1.54) is 13.2 Å². The number of methoxy groups -OCH3 is 1.